The number of Topliss-reactive ketones (excluding diaryl/α,β-unsaturated/α-hetero) is 1. The Labute approximate surface area is 350 Å². The second kappa shape index (κ2) is 19.4. The molecule has 5 rings (SSSR count). The number of thiophene rings is 1. The molecule has 1 amide bonds. The van der Waals surface area contributed by atoms with E-state index in [1.165, 1.54) is 32.1 Å². The molecule has 59 heavy (non-hydrogen) atoms. The highest BCUT2D eigenvalue weighted by atomic mass is 32.1. The predicted molar refractivity (Wildman–Crippen MR) is 220 cm³/mol. The molecule has 0 saturated carbocycles. The van der Waals surface area contributed by atoms with E-state index in [9.17, 15) is 24.6 Å². The SMILES string of the molecule is CC[C@H]1OC(=O)[C@H](C)C(=O)[C@H](C)[C@@H](O[C@@H]2O[C@H](C)C[C@H](N(C)C)[C@H]2O)[C@@]2(C)C[C@@H](C)C(=NC(C)=O)[C@H](C)[C@@H](OC/C(=N\Oc3ccc(-c4cnccn4)s3)CO2)[C@]1(C)O. The minimum Gasteiger partial charge on any atom is -0.459 e. The summed E-state index contributed by atoms with van der Waals surface area (Å²) in [5, 5.41) is 29.0. The van der Waals surface area contributed by atoms with Gasteiger partial charge >= 0.3 is 5.97 Å². The zero-order valence-electron chi connectivity index (χ0n) is 36.0. The van der Waals surface area contributed by atoms with E-state index in [-0.39, 0.29) is 43.9 Å². The van der Waals surface area contributed by atoms with Crippen molar-refractivity contribution in [2.45, 2.75) is 136 Å². The maximum absolute atomic E-state index is 14.5. The number of cyclic esters (lactones) is 1. The zero-order valence-corrected chi connectivity index (χ0v) is 36.8. The number of hydrogen-bond acceptors (Lipinski definition) is 16. The van der Waals surface area contributed by atoms with Crippen LogP contribution in [0.5, 0.6) is 5.06 Å². The summed E-state index contributed by atoms with van der Waals surface area (Å²) >= 11 is 1.31. The van der Waals surface area contributed by atoms with Crippen molar-refractivity contribution in [3.63, 3.8) is 0 Å². The van der Waals surface area contributed by atoms with E-state index in [2.05, 4.69) is 20.1 Å². The smallest absolute Gasteiger partial charge is 0.316 e. The third-order valence-electron chi connectivity index (χ3n) is 11.8. The number of carbonyl (C=O) groups is 3. The minimum atomic E-state index is -1.86. The number of hydrogen-bond donors (Lipinski definition) is 2. The number of fused-ring (bicyclic) bond motifs is 5. The first-order valence-electron chi connectivity index (χ1n) is 20.3. The lowest BCUT2D eigenvalue weighted by atomic mass is 9.73. The van der Waals surface area contributed by atoms with Crippen LogP contribution >= 0.6 is 11.3 Å². The molecule has 3 saturated heterocycles. The predicted octanol–water partition coefficient (Wildman–Crippen LogP) is 4.50. The van der Waals surface area contributed by atoms with E-state index >= 15 is 0 Å². The Hall–Kier alpha value is -3.55. The molecule has 0 unspecified atom stereocenters. The summed E-state index contributed by atoms with van der Waals surface area (Å²) in [6, 6.07) is 3.27. The summed E-state index contributed by atoms with van der Waals surface area (Å²) in [6.07, 6.45) is -0.319. The second-order valence-electron chi connectivity index (χ2n) is 16.8. The Bertz CT molecular complexity index is 1840. The average Bonchev–Trinajstić information content (AvgIpc) is 3.67. The zero-order chi connectivity index (χ0) is 43.4. The van der Waals surface area contributed by atoms with Crippen molar-refractivity contribution in [3.8, 4) is 15.6 Å². The Morgan fingerprint density at radius 3 is 2.46 bits per heavy atom. The molecule has 16 nitrogen and oxygen atoms in total. The quantitative estimate of drug-likeness (QED) is 0.224. The number of carbonyl (C=O) groups excluding carboxylic acids is 3. The Morgan fingerprint density at radius 1 is 1.08 bits per heavy atom. The highest BCUT2D eigenvalue weighted by Gasteiger charge is 2.53. The summed E-state index contributed by atoms with van der Waals surface area (Å²) < 4.78 is 32.5. The number of amides is 1. The lowest BCUT2D eigenvalue weighted by molar-refractivity contribution is -0.296. The number of nitrogens with zero attached hydrogens (tertiary/aromatic N) is 5. The van der Waals surface area contributed by atoms with Crippen molar-refractivity contribution in [1.29, 1.82) is 0 Å². The van der Waals surface area contributed by atoms with Crippen molar-refractivity contribution in [2.24, 2.45) is 33.8 Å². The number of aliphatic imine (C=N–C) groups is 1. The molecule has 2 N–H and O–H groups in total. The van der Waals surface area contributed by atoms with Gasteiger partial charge in [0, 0.05) is 42.9 Å². The first kappa shape index (κ1) is 46.5. The fraction of sp³-hybridized carbons (Fsp3) is 0.690. The molecule has 0 radical (unpaired) electrons. The van der Waals surface area contributed by atoms with Gasteiger partial charge in [-0.15, -0.1) is 0 Å². The topological polar surface area (TPSA) is 201 Å². The standard InChI is InChI=1S/C42H61N5O11S/c1-12-32-42(9,52)38-24(4)34(45-27(7)48)22(2)18-41(8,54-21-28(20-53-38)46-58-33-14-13-31(59-33)29-19-43-15-16-44-29)37(25(5)35(49)26(6)39(51)56-32)57-40-36(50)30(47(10)11)17-23(3)55-40/h13-16,19,22-26,30,32,36-38,40,50,52H,12,17-18,20-21H2,1-11H3/b45-34?,46-28+/t22-,23-,24+,25+,26-,30+,32-,36-,37-,38-,40+,41-,42-/m1/s1. The van der Waals surface area contributed by atoms with Crippen molar-refractivity contribution >= 4 is 40.4 Å². The molecule has 0 aliphatic carbocycles. The molecular formula is C42H61N5O11S. The number of esters is 1. The van der Waals surface area contributed by atoms with Crippen molar-refractivity contribution in [2.75, 3.05) is 27.3 Å². The number of oxime groups is 1. The molecule has 5 heterocycles. The maximum Gasteiger partial charge on any atom is 0.316 e. The maximum atomic E-state index is 14.5. The second-order valence-corrected chi connectivity index (χ2v) is 17.9. The van der Waals surface area contributed by atoms with Gasteiger partial charge in [0.15, 0.2) is 12.1 Å². The van der Waals surface area contributed by atoms with E-state index in [0.717, 1.165) is 4.88 Å². The number of aliphatic hydroxyl groups excluding tert-OH is 1. The highest BCUT2D eigenvalue weighted by molar-refractivity contribution is 7.17. The van der Waals surface area contributed by atoms with Gasteiger partial charge in [-0.1, -0.05) is 44.2 Å². The Balaban J connectivity index is 1.68. The summed E-state index contributed by atoms with van der Waals surface area (Å²) in [7, 11) is 3.73. The number of aromatic nitrogens is 2. The first-order valence-corrected chi connectivity index (χ1v) is 21.1. The van der Waals surface area contributed by atoms with Gasteiger partial charge in [-0.05, 0) is 79.1 Å². The fourth-order valence-corrected chi connectivity index (χ4v) is 9.42. The Kier molecular flexibility index (Phi) is 15.3. The third-order valence-corrected chi connectivity index (χ3v) is 12.8. The van der Waals surface area contributed by atoms with Crippen LogP contribution in [0.15, 0.2) is 40.9 Å². The average molecular weight is 844 g/mol. The van der Waals surface area contributed by atoms with Crippen LogP contribution in [0.2, 0.25) is 0 Å². The Morgan fingerprint density at radius 2 is 1.81 bits per heavy atom. The lowest BCUT2D eigenvalue weighted by Gasteiger charge is -2.47. The van der Waals surface area contributed by atoms with Gasteiger partial charge in [-0.25, -0.2) is 4.99 Å². The number of ether oxygens (including phenoxy) is 5. The molecule has 3 aliphatic heterocycles. The van der Waals surface area contributed by atoms with Crippen LogP contribution in [0, 0.1) is 23.7 Å². The van der Waals surface area contributed by atoms with E-state index in [1.54, 1.807) is 52.4 Å². The lowest BCUT2D eigenvalue weighted by Crippen LogP contribution is -2.60. The highest BCUT2D eigenvalue weighted by Crippen LogP contribution is 2.40. The van der Waals surface area contributed by atoms with Gasteiger partial charge in [0.2, 0.25) is 11.0 Å². The molecular weight excluding hydrogens is 783 g/mol. The monoisotopic (exact) mass is 843 g/mol. The molecule has 17 heteroatoms. The van der Waals surface area contributed by atoms with Crippen molar-refractivity contribution in [1.82, 2.24) is 14.9 Å². The van der Waals surface area contributed by atoms with Crippen LogP contribution in [-0.4, -0.2) is 136 Å². The fourth-order valence-electron chi connectivity index (χ4n) is 8.65. The summed E-state index contributed by atoms with van der Waals surface area (Å²) in [5.74, 6) is -5.35. The third kappa shape index (κ3) is 10.7. The molecule has 326 valence electrons. The molecule has 2 aromatic rings. The van der Waals surface area contributed by atoms with E-state index in [0.29, 0.717) is 22.9 Å². The minimum absolute atomic E-state index is 0.132. The van der Waals surface area contributed by atoms with E-state index < -0.39 is 83.2 Å². The van der Waals surface area contributed by atoms with Crippen LogP contribution in [0.25, 0.3) is 10.6 Å². The number of aliphatic hydroxyl groups is 2. The molecule has 2 bridgehead atoms. The van der Waals surface area contributed by atoms with Gasteiger partial charge in [0.25, 0.3) is 0 Å². The largest absolute Gasteiger partial charge is 0.459 e. The normalized spacial score (nSPS) is 38.0. The number of likely N-dealkylation sites (N-methyl/N-ethyl adjacent to an activating group) is 1. The summed E-state index contributed by atoms with van der Waals surface area (Å²) in [5.41, 5.74) is -1.92. The van der Waals surface area contributed by atoms with Crippen molar-refractivity contribution in [3.05, 3.63) is 30.7 Å². The van der Waals surface area contributed by atoms with Gasteiger partial charge in [0.05, 0.1) is 53.9 Å². The van der Waals surface area contributed by atoms with Crippen molar-refractivity contribution < 1.29 is 53.1 Å². The molecule has 2 aromatic heterocycles. The first-order chi connectivity index (χ1) is 27.8. The number of ketones is 1. The molecule has 3 aliphatic rings. The van der Waals surface area contributed by atoms with E-state index in [4.69, 9.17) is 28.5 Å². The summed E-state index contributed by atoms with van der Waals surface area (Å²) in [4.78, 5) is 62.9. The van der Waals surface area contributed by atoms with Gasteiger partial charge in [0.1, 0.15) is 29.4 Å². The van der Waals surface area contributed by atoms with Crippen LogP contribution < -0.4 is 4.84 Å². The van der Waals surface area contributed by atoms with Gasteiger partial charge < -0.3 is 43.6 Å². The number of rotatable bonds is 7. The van der Waals surface area contributed by atoms with Crippen LogP contribution in [0.3, 0.4) is 0 Å². The van der Waals surface area contributed by atoms with Crippen LogP contribution in [0.1, 0.15) is 81.6 Å². The van der Waals surface area contributed by atoms with E-state index in [1.807, 2.05) is 38.9 Å². The van der Waals surface area contributed by atoms with Crippen LogP contribution in [0.4, 0.5) is 0 Å². The van der Waals surface area contributed by atoms with Gasteiger partial charge in [-0.2, -0.15) is 0 Å². The van der Waals surface area contributed by atoms with Crippen LogP contribution in [-0.2, 0) is 38.1 Å². The summed E-state index contributed by atoms with van der Waals surface area (Å²) in [6.45, 7) is 14.7. The van der Waals surface area contributed by atoms with Gasteiger partial charge in [-0.3, -0.25) is 24.4 Å². The molecule has 3 fully saturated rings. The molecule has 0 spiro atoms. The molecule has 0 aromatic carbocycles. The molecule has 13 atom stereocenters.